The summed E-state index contributed by atoms with van der Waals surface area (Å²) in [7, 11) is 0. The van der Waals surface area contributed by atoms with Crippen molar-refractivity contribution in [1.29, 1.82) is 0 Å². The van der Waals surface area contributed by atoms with Crippen molar-refractivity contribution in [3.63, 3.8) is 0 Å². The van der Waals surface area contributed by atoms with E-state index in [1.807, 2.05) is 0 Å². The van der Waals surface area contributed by atoms with Gasteiger partial charge in [-0.05, 0) is 37.3 Å². The van der Waals surface area contributed by atoms with Crippen LogP contribution in [0.5, 0.6) is 5.75 Å². The van der Waals surface area contributed by atoms with Crippen LogP contribution in [0.15, 0.2) is 42.5 Å². The van der Waals surface area contributed by atoms with Crippen LogP contribution < -0.4 is 15.4 Å². The molecule has 2 rings (SSSR count). The Morgan fingerprint density at radius 2 is 1.88 bits per heavy atom. The van der Waals surface area contributed by atoms with Crippen LogP contribution in [0.25, 0.3) is 0 Å². The highest BCUT2D eigenvalue weighted by Crippen LogP contribution is 2.15. The third-order valence-corrected chi connectivity index (χ3v) is 3.01. The third kappa shape index (κ3) is 4.77. The van der Waals surface area contributed by atoms with Crippen molar-refractivity contribution < 1.29 is 23.1 Å². The number of hydrogen-bond donors (Lipinski definition) is 2. The summed E-state index contributed by atoms with van der Waals surface area (Å²) in [6.07, 6.45) is 0. The number of nitrogens with one attached hydrogen (secondary N) is 2. The largest absolute Gasteiger partial charge is 0.484 e. The van der Waals surface area contributed by atoms with Gasteiger partial charge >= 0.3 is 0 Å². The van der Waals surface area contributed by atoms with Crippen LogP contribution in [0.3, 0.4) is 0 Å². The van der Waals surface area contributed by atoms with Crippen LogP contribution in [0.4, 0.5) is 14.5 Å². The molecule has 0 atom stereocenters. The van der Waals surface area contributed by atoms with Gasteiger partial charge in [-0.2, -0.15) is 0 Å². The van der Waals surface area contributed by atoms with Gasteiger partial charge in [0.1, 0.15) is 5.75 Å². The number of anilines is 1. The lowest BCUT2D eigenvalue weighted by Crippen LogP contribution is -2.23. The molecule has 2 amide bonds. The molecule has 0 saturated heterocycles. The van der Waals surface area contributed by atoms with Gasteiger partial charge in [-0.15, -0.1) is 0 Å². The summed E-state index contributed by atoms with van der Waals surface area (Å²) in [6.45, 7) is 1.92. The van der Waals surface area contributed by atoms with E-state index in [4.69, 9.17) is 4.74 Å². The number of ether oxygens (including phenoxy) is 1. The maximum Gasteiger partial charge on any atom is 0.262 e. The van der Waals surface area contributed by atoms with E-state index in [0.29, 0.717) is 17.8 Å². The van der Waals surface area contributed by atoms with E-state index in [-0.39, 0.29) is 18.3 Å². The van der Waals surface area contributed by atoms with E-state index < -0.39 is 17.5 Å². The minimum absolute atomic E-state index is 0.0418. The fraction of sp³-hybridized carbons (Fsp3) is 0.176. The lowest BCUT2D eigenvalue weighted by Gasteiger charge is -2.09. The van der Waals surface area contributed by atoms with Crippen LogP contribution in [0, 0.1) is 11.6 Å². The standard InChI is InChI=1S/C17H16F2N2O3/c1-2-20-17(23)11-4-3-5-12(8-11)21-16(22)10-24-13-6-7-14(18)15(19)9-13/h3-9H,2,10H2,1H3,(H,20,23)(H,21,22). The van der Waals surface area contributed by atoms with E-state index in [1.165, 1.54) is 12.1 Å². The zero-order chi connectivity index (χ0) is 17.5. The summed E-state index contributed by atoms with van der Waals surface area (Å²) in [4.78, 5) is 23.6. The van der Waals surface area contributed by atoms with Gasteiger partial charge in [-0.25, -0.2) is 8.78 Å². The molecule has 126 valence electrons. The summed E-state index contributed by atoms with van der Waals surface area (Å²) < 4.78 is 30.9. The molecular weight excluding hydrogens is 318 g/mol. The molecule has 0 fully saturated rings. The predicted molar refractivity (Wildman–Crippen MR) is 84.9 cm³/mol. The Kier molecular flexibility index (Phi) is 5.83. The van der Waals surface area contributed by atoms with E-state index in [0.717, 1.165) is 12.1 Å². The first-order chi connectivity index (χ1) is 11.5. The van der Waals surface area contributed by atoms with Crippen LogP contribution in [0.1, 0.15) is 17.3 Å². The molecule has 0 aliphatic heterocycles. The topological polar surface area (TPSA) is 67.4 Å². The van der Waals surface area contributed by atoms with Gasteiger partial charge in [0.05, 0.1) is 0 Å². The van der Waals surface area contributed by atoms with E-state index in [9.17, 15) is 18.4 Å². The fourth-order valence-corrected chi connectivity index (χ4v) is 1.91. The maximum atomic E-state index is 13.0. The number of hydrogen-bond acceptors (Lipinski definition) is 3. The van der Waals surface area contributed by atoms with Crippen molar-refractivity contribution in [2.75, 3.05) is 18.5 Å². The first kappa shape index (κ1) is 17.4. The average molecular weight is 334 g/mol. The lowest BCUT2D eigenvalue weighted by molar-refractivity contribution is -0.118. The number of amides is 2. The molecule has 0 radical (unpaired) electrons. The molecule has 0 aliphatic rings. The first-order valence-electron chi connectivity index (χ1n) is 7.25. The number of rotatable bonds is 6. The molecule has 5 nitrogen and oxygen atoms in total. The van der Waals surface area contributed by atoms with Crippen LogP contribution in [-0.2, 0) is 4.79 Å². The minimum Gasteiger partial charge on any atom is -0.484 e. The van der Waals surface area contributed by atoms with Crippen LogP contribution in [-0.4, -0.2) is 25.0 Å². The summed E-state index contributed by atoms with van der Waals surface area (Å²) in [5.74, 6) is -2.74. The molecule has 0 saturated carbocycles. The summed E-state index contributed by atoms with van der Waals surface area (Å²) >= 11 is 0. The Balaban J connectivity index is 1.93. The number of benzene rings is 2. The molecule has 24 heavy (non-hydrogen) atoms. The van der Waals surface area contributed by atoms with Crippen molar-refractivity contribution in [3.05, 3.63) is 59.7 Å². The van der Waals surface area contributed by atoms with Crippen molar-refractivity contribution in [1.82, 2.24) is 5.32 Å². The zero-order valence-electron chi connectivity index (χ0n) is 12.9. The fourth-order valence-electron chi connectivity index (χ4n) is 1.91. The van der Waals surface area contributed by atoms with E-state index in [2.05, 4.69) is 10.6 Å². The van der Waals surface area contributed by atoms with Gasteiger partial charge in [0.2, 0.25) is 0 Å². The van der Waals surface area contributed by atoms with Gasteiger partial charge in [-0.3, -0.25) is 9.59 Å². The van der Waals surface area contributed by atoms with Crippen molar-refractivity contribution >= 4 is 17.5 Å². The smallest absolute Gasteiger partial charge is 0.262 e. The minimum atomic E-state index is -1.05. The number of halogens is 2. The summed E-state index contributed by atoms with van der Waals surface area (Å²) in [6, 6.07) is 9.41. The second-order valence-corrected chi connectivity index (χ2v) is 4.85. The van der Waals surface area contributed by atoms with Crippen LogP contribution >= 0.6 is 0 Å². The Bertz CT molecular complexity index is 750. The molecule has 2 N–H and O–H groups in total. The second kappa shape index (κ2) is 8.05. The maximum absolute atomic E-state index is 13.0. The average Bonchev–Trinajstić information content (AvgIpc) is 2.56. The molecule has 0 aliphatic carbocycles. The van der Waals surface area contributed by atoms with Crippen LogP contribution in [0.2, 0.25) is 0 Å². The highest BCUT2D eigenvalue weighted by atomic mass is 19.2. The van der Waals surface area contributed by atoms with E-state index in [1.54, 1.807) is 25.1 Å². The van der Waals surface area contributed by atoms with Crippen molar-refractivity contribution in [2.45, 2.75) is 6.92 Å². The third-order valence-electron chi connectivity index (χ3n) is 3.01. The van der Waals surface area contributed by atoms with Gasteiger partial charge in [0.15, 0.2) is 18.2 Å². The van der Waals surface area contributed by atoms with Crippen molar-refractivity contribution in [3.8, 4) is 5.75 Å². The predicted octanol–water partition coefficient (Wildman–Crippen LogP) is 2.73. The normalized spacial score (nSPS) is 10.1. The highest BCUT2D eigenvalue weighted by molar-refractivity contribution is 5.97. The molecule has 0 aromatic heterocycles. The molecule has 2 aromatic carbocycles. The Morgan fingerprint density at radius 1 is 1.08 bits per heavy atom. The summed E-state index contributed by atoms with van der Waals surface area (Å²) in [5, 5.41) is 5.22. The Labute approximate surface area is 137 Å². The molecule has 0 bridgehead atoms. The quantitative estimate of drug-likeness (QED) is 0.853. The van der Waals surface area contributed by atoms with Gasteiger partial charge in [-0.1, -0.05) is 6.07 Å². The molecule has 2 aromatic rings. The molecule has 0 spiro atoms. The number of carbonyl (C=O) groups is 2. The highest BCUT2D eigenvalue weighted by Gasteiger charge is 2.09. The van der Waals surface area contributed by atoms with Gasteiger partial charge < -0.3 is 15.4 Å². The molecule has 7 heteroatoms. The summed E-state index contributed by atoms with van der Waals surface area (Å²) in [5.41, 5.74) is 0.841. The molecular formula is C17H16F2N2O3. The monoisotopic (exact) mass is 334 g/mol. The zero-order valence-corrected chi connectivity index (χ0v) is 12.9. The first-order valence-corrected chi connectivity index (χ1v) is 7.25. The molecule has 0 unspecified atom stereocenters. The SMILES string of the molecule is CCNC(=O)c1cccc(NC(=O)COc2ccc(F)c(F)c2)c1. The Hall–Kier alpha value is -2.96. The van der Waals surface area contributed by atoms with Gasteiger partial charge in [0.25, 0.3) is 11.8 Å². The van der Waals surface area contributed by atoms with Gasteiger partial charge in [0, 0.05) is 23.9 Å². The lowest BCUT2D eigenvalue weighted by atomic mass is 10.2. The second-order valence-electron chi connectivity index (χ2n) is 4.85. The van der Waals surface area contributed by atoms with Crippen molar-refractivity contribution in [2.24, 2.45) is 0 Å². The molecule has 0 heterocycles. The van der Waals surface area contributed by atoms with E-state index >= 15 is 0 Å². The Morgan fingerprint density at radius 3 is 2.58 bits per heavy atom. The number of carbonyl (C=O) groups excluding carboxylic acids is 2.